The first kappa shape index (κ1) is 9.00. The number of hydrogen-bond acceptors (Lipinski definition) is 2. The van der Waals surface area contributed by atoms with Crippen LogP contribution >= 0.6 is 0 Å². The van der Waals surface area contributed by atoms with Crippen LogP contribution in [-0.4, -0.2) is 29.4 Å². The summed E-state index contributed by atoms with van der Waals surface area (Å²) in [5, 5.41) is 0. The molecule has 1 heterocycles. The van der Waals surface area contributed by atoms with Crippen LogP contribution in [-0.2, 0) is 4.79 Å². The fraction of sp³-hybridized carbons (Fsp3) is 0.900. The lowest BCUT2D eigenvalue weighted by Gasteiger charge is -2.34. The highest BCUT2D eigenvalue weighted by molar-refractivity contribution is 5.82. The Hall–Kier alpha value is -0.570. The number of likely N-dealkylation sites (tertiary alicyclic amines) is 1. The van der Waals surface area contributed by atoms with Crippen molar-refractivity contribution in [1.29, 1.82) is 0 Å². The van der Waals surface area contributed by atoms with Gasteiger partial charge in [0.25, 0.3) is 0 Å². The Balaban J connectivity index is 2.08. The maximum absolute atomic E-state index is 11.9. The quantitative estimate of drug-likeness (QED) is 0.684. The summed E-state index contributed by atoms with van der Waals surface area (Å²) in [6, 6.07) is 0. The molecule has 2 aliphatic rings. The van der Waals surface area contributed by atoms with Crippen molar-refractivity contribution >= 4 is 5.91 Å². The summed E-state index contributed by atoms with van der Waals surface area (Å²) in [6.45, 7) is 3.63. The van der Waals surface area contributed by atoms with E-state index in [1.165, 1.54) is 0 Å². The van der Waals surface area contributed by atoms with Crippen LogP contribution in [0.3, 0.4) is 0 Å². The minimum Gasteiger partial charge on any atom is -0.336 e. The van der Waals surface area contributed by atoms with E-state index in [9.17, 15) is 4.79 Å². The second-order valence-corrected chi connectivity index (χ2v) is 4.57. The van der Waals surface area contributed by atoms with Gasteiger partial charge in [-0.2, -0.15) is 0 Å². The fourth-order valence-corrected chi connectivity index (χ4v) is 2.16. The van der Waals surface area contributed by atoms with Gasteiger partial charge < -0.3 is 10.6 Å². The monoisotopic (exact) mass is 182 g/mol. The SMILES string of the molecule is CC1(CN)CCCN1C(=O)C1CC1. The summed E-state index contributed by atoms with van der Waals surface area (Å²) < 4.78 is 0. The van der Waals surface area contributed by atoms with Crippen LogP contribution in [0.1, 0.15) is 32.6 Å². The number of hydrogen-bond donors (Lipinski definition) is 1. The smallest absolute Gasteiger partial charge is 0.226 e. The van der Waals surface area contributed by atoms with Gasteiger partial charge in [-0.15, -0.1) is 0 Å². The molecule has 1 unspecified atom stereocenters. The van der Waals surface area contributed by atoms with Crippen molar-refractivity contribution in [2.75, 3.05) is 13.1 Å². The number of nitrogens with two attached hydrogens (primary N) is 1. The van der Waals surface area contributed by atoms with Crippen molar-refractivity contribution in [3.8, 4) is 0 Å². The molecule has 0 radical (unpaired) electrons. The summed E-state index contributed by atoms with van der Waals surface area (Å²) >= 11 is 0. The van der Waals surface area contributed by atoms with E-state index >= 15 is 0 Å². The molecule has 0 spiro atoms. The molecule has 1 aliphatic carbocycles. The van der Waals surface area contributed by atoms with Gasteiger partial charge in [0, 0.05) is 19.0 Å². The third-order valence-corrected chi connectivity index (χ3v) is 3.38. The molecule has 0 aromatic carbocycles. The van der Waals surface area contributed by atoms with Crippen molar-refractivity contribution in [2.24, 2.45) is 11.7 Å². The normalized spacial score (nSPS) is 33.8. The highest BCUT2D eigenvalue weighted by Crippen LogP contribution is 2.36. The van der Waals surface area contributed by atoms with E-state index in [1.807, 2.05) is 4.90 Å². The Kier molecular flexibility index (Phi) is 2.06. The zero-order valence-electron chi connectivity index (χ0n) is 8.25. The van der Waals surface area contributed by atoms with Crippen LogP contribution in [0.25, 0.3) is 0 Å². The topological polar surface area (TPSA) is 46.3 Å². The predicted octanol–water partition coefficient (Wildman–Crippen LogP) is 0.736. The number of nitrogens with zero attached hydrogens (tertiary/aromatic N) is 1. The molecule has 0 aromatic heterocycles. The fourth-order valence-electron chi connectivity index (χ4n) is 2.16. The zero-order chi connectivity index (χ0) is 9.47. The molecule has 0 bridgehead atoms. The molecule has 1 aliphatic heterocycles. The van der Waals surface area contributed by atoms with E-state index in [0.29, 0.717) is 18.4 Å². The third-order valence-electron chi connectivity index (χ3n) is 3.38. The Morgan fingerprint density at radius 2 is 2.31 bits per heavy atom. The summed E-state index contributed by atoms with van der Waals surface area (Å²) in [6.07, 6.45) is 4.38. The van der Waals surface area contributed by atoms with Crippen LogP contribution < -0.4 is 5.73 Å². The first-order chi connectivity index (χ1) is 6.17. The van der Waals surface area contributed by atoms with E-state index in [0.717, 1.165) is 32.2 Å². The zero-order valence-corrected chi connectivity index (χ0v) is 8.25. The first-order valence-electron chi connectivity index (χ1n) is 5.19. The van der Waals surface area contributed by atoms with Crippen molar-refractivity contribution in [2.45, 2.75) is 38.1 Å². The molecule has 13 heavy (non-hydrogen) atoms. The Morgan fingerprint density at radius 1 is 1.62 bits per heavy atom. The summed E-state index contributed by atoms with van der Waals surface area (Å²) in [4.78, 5) is 13.9. The van der Waals surface area contributed by atoms with Crippen LogP contribution in [0.2, 0.25) is 0 Å². The number of amides is 1. The first-order valence-corrected chi connectivity index (χ1v) is 5.19. The molecule has 1 amide bonds. The minimum absolute atomic E-state index is 0.0420. The summed E-state index contributed by atoms with van der Waals surface area (Å²) in [5.74, 6) is 0.689. The lowest BCUT2D eigenvalue weighted by molar-refractivity contribution is -0.135. The number of carbonyl (C=O) groups is 1. The highest BCUT2D eigenvalue weighted by Gasteiger charge is 2.43. The maximum Gasteiger partial charge on any atom is 0.226 e. The van der Waals surface area contributed by atoms with Gasteiger partial charge in [-0.25, -0.2) is 0 Å². The van der Waals surface area contributed by atoms with E-state index in [2.05, 4.69) is 6.92 Å². The van der Waals surface area contributed by atoms with Gasteiger partial charge in [0.1, 0.15) is 0 Å². The highest BCUT2D eigenvalue weighted by atomic mass is 16.2. The van der Waals surface area contributed by atoms with Crippen molar-refractivity contribution < 1.29 is 4.79 Å². The largest absolute Gasteiger partial charge is 0.336 e. The van der Waals surface area contributed by atoms with Crippen LogP contribution in [0.15, 0.2) is 0 Å². The number of rotatable bonds is 2. The van der Waals surface area contributed by atoms with Gasteiger partial charge in [0.05, 0.1) is 5.54 Å². The summed E-state index contributed by atoms with van der Waals surface area (Å²) in [7, 11) is 0. The molecule has 2 rings (SSSR count). The molecular formula is C10H18N2O. The number of carbonyl (C=O) groups excluding carboxylic acids is 1. The van der Waals surface area contributed by atoms with Crippen LogP contribution in [0, 0.1) is 5.92 Å². The van der Waals surface area contributed by atoms with Gasteiger partial charge in [0.15, 0.2) is 0 Å². The molecule has 1 saturated heterocycles. The van der Waals surface area contributed by atoms with Gasteiger partial charge >= 0.3 is 0 Å². The summed E-state index contributed by atoms with van der Waals surface area (Å²) in [5.41, 5.74) is 5.68. The Morgan fingerprint density at radius 3 is 2.85 bits per heavy atom. The van der Waals surface area contributed by atoms with E-state index in [1.54, 1.807) is 0 Å². The molecule has 1 saturated carbocycles. The maximum atomic E-state index is 11.9. The van der Waals surface area contributed by atoms with Gasteiger partial charge in [0.2, 0.25) is 5.91 Å². The average Bonchev–Trinajstić information content (AvgIpc) is 2.89. The second-order valence-electron chi connectivity index (χ2n) is 4.57. The van der Waals surface area contributed by atoms with Crippen molar-refractivity contribution in [3.05, 3.63) is 0 Å². The third kappa shape index (κ3) is 1.46. The molecule has 0 aromatic rings. The average molecular weight is 182 g/mol. The van der Waals surface area contributed by atoms with Gasteiger partial charge in [-0.1, -0.05) is 0 Å². The van der Waals surface area contributed by atoms with E-state index in [4.69, 9.17) is 5.73 Å². The predicted molar refractivity (Wildman–Crippen MR) is 51.1 cm³/mol. The molecule has 3 heteroatoms. The molecule has 1 atom stereocenters. The van der Waals surface area contributed by atoms with E-state index in [-0.39, 0.29) is 5.54 Å². The van der Waals surface area contributed by atoms with Crippen molar-refractivity contribution in [1.82, 2.24) is 4.90 Å². The lowest BCUT2D eigenvalue weighted by Crippen LogP contribution is -2.50. The Bertz CT molecular complexity index is 225. The van der Waals surface area contributed by atoms with Crippen molar-refractivity contribution in [3.63, 3.8) is 0 Å². The lowest BCUT2D eigenvalue weighted by atomic mass is 9.99. The Labute approximate surface area is 79.3 Å². The molecule has 2 N–H and O–H groups in total. The van der Waals surface area contributed by atoms with Crippen LogP contribution in [0.5, 0.6) is 0 Å². The van der Waals surface area contributed by atoms with Gasteiger partial charge in [-0.3, -0.25) is 4.79 Å². The minimum atomic E-state index is -0.0420. The molecule has 74 valence electrons. The van der Waals surface area contributed by atoms with E-state index < -0.39 is 0 Å². The molecule has 3 nitrogen and oxygen atoms in total. The van der Waals surface area contributed by atoms with Gasteiger partial charge in [-0.05, 0) is 32.6 Å². The second kappa shape index (κ2) is 2.98. The molecule has 2 fully saturated rings. The van der Waals surface area contributed by atoms with Crippen LogP contribution in [0.4, 0.5) is 0 Å². The standard InChI is InChI=1S/C10H18N2O/c1-10(7-11)5-2-6-12(10)9(13)8-3-4-8/h8H,2-7,11H2,1H3. The molecular weight excluding hydrogens is 164 g/mol.